The lowest BCUT2D eigenvalue weighted by Gasteiger charge is -1.96. The predicted octanol–water partition coefficient (Wildman–Crippen LogP) is 1.61. The van der Waals surface area contributed by atoms with E-state index in [1.54, 1.807) is 13.2 Å². The van der Waals surface area contributed by atoms with Gasteiger partial charge in [0.05, 0.1) is 12.9 Å². The molecule has 62 valence electrons. The number of hydrogen-bond donors (Lipinski definition) is 1. The molecule has 0 fully saturated rings. The zero-order valence-electron chi connectivity index (χ0n) is 7.13. The molecule has 0 unspecified atom stereocenters. The highest BCUT2D eigenvalue weighted by molar-refractivity contribution is 5.23. The van der Waals surface area contributed by atoms with Crippen LogP contribution >= 0.6 is 0 Å². The molecule has 2 heteroatoms. The van der Waals surface area contributed by atoms with Crippen molar-refractivity contribution in [3.8, 4) is 0 Å². The summed E-state index contributed by atoms with van der Waals surface area (Å²) in [5.74, 6) is 0.859. The molecule has 0 aromatic carbocycles. The highest BCUT2D eigenvalue weighted by Gasteiger charge is 1.84. The maximum atomic E-state index is 5.40. The van der Waals surface area contributed by atoms with E-state index in [2.05, 4.69) is 6.58 Å². The van der Waals surface area contributed by atoms with Gasteiger partial charge in [0.1, 0.15) is 0 Å². The van der Waals surface area contributed by atoms with Crippen LogP contribution in [0.25, 0.3) is 0 Å². The van der Waals surface area contributed by atoms with Crippen molar-refractivity contribution in [2.24, 2.45) is 5.73 Å². The second-order valence-corrected chi connectivity index (χ2v) is 2.13. The topological polar surface area (TPSA) is 35.2 Å². The molecule has 0 heterocycles. The summed E-state index contributed by atoms with van der Waals surface area (Å²) in [7, 11) is 1.63. The van der Waals surface area contributed by atoms with Crippen molar-refractivity contribution < 1.29 is 4.74 Å². The first-order valence-electron chi connectivity index (χ1n) is 3.48. The van der Waals surface area contributed by atoms with Gasteiger partial charge in [-0.25, -0.2) is 0 Å². The molecule has 0 aromatic rings. The van der Waals surface area contributed by atoms with Gasteiger partial charge < -0.3 is 10.5 Å². The van der Waals surface area contributed by atoms with Gasteiger partial charge in [0.2, 0.25) is 0 Å². The summed E-state index contributed by atoms with van der Waals surface area (Å²) in [5, 5.41) is 0. The fraction of sp³-hybridized carbons (Fsp3) is 0.333. The maximum absolute atomic E-state index is 5.40. The molecular weight excluding hydrogens is 138 g/mol. The van der Waals surface area contributed by atoms with E-state index in [1.807, 2.05) is 19.1 Å². The third-order valence-electron chi connectivity index (χ3n) is 1.35. The van der Waals surface area contributed by atoms with Gasteiger partial charge in [0, 0.05) is 6.54 Å². The first-order valence-corrected chi connectivity index (χ1v) is 3.48. The third-order valence-corrected chi connectivity index (χ3v) is 1.35. The van der Waals surface area contributed by atoms with Crippen molar-refractivity contribution in [2.45, 2.75) is 6.92 Å². The summed E-state index contributed by atoms with van der Waals surface area (Å²) >= 11 is 0. The van der Waals surface area contributed by atoms with Crippen molar-refractivity contribution in [3.05, 3.63) is 36.1 Å². The zero-order valence-corrected chi connectivity index (χ0v) is 7.13. The van der Waals surface area contributed by atoms with Crippen LogP contribution in [-0.2, 0) is 4.74 Å². The Balaban J connectivity index is 4.17. The summed E-state index contributed by atoms with van der Waals surface area (Å²) in [4.78, 5) is 0. The molecule has 0 saturated carbocycles. The van der Waals surface area contributed by atoms with Gasteiger partial charge in [-0.15, -0.1) is 0 Å². The molecule has 0 aliphatic rings. The van der Waals surface area contributed by atoms with Gasteiger partial charge in [-0.05, 0) is 18.6 Å². The Kier molecular flexibility index (Phi) is 5.21. The second kappa shape index (κ2) is 5.74. The summed E-state index contributed by atoms with van der Waals surface area (Å²) < 4.78 is 4.93. The van der Waals surface area contributed by atoms with Crippen LogP contribution in [0.2, 0.25) is 0 Å². The number of rotatable bonds is 4. The van der Waals surface area contributed by atoms with Crippen molar-refractivity contribution >= 4 is 0 Å². The molecule has 2 nitrogen and oxygen atoms in total. The van der Waals surface area contributed by atoms with Gasteiger partial charge in [0.25, 0.3) is 0 Å². The molecule has 0 rings (SSSR count). The van der Waals surface area contributed by atoms with E-state index >= 15 is 0 Å². The van der Waals surface area contributed by atoms with E-state index in [0.29, 0.717) is 6.54 Å². The molecule has 0 aromatic heterocycles. The standard InChI is InChI=1S/C9H15NO/c1-4-9(7-10)6-5-8(2)11-3/h4-6H,1,7,10H2,2-3H3/b8-5+,9-6+. The van der Waals surface area contributed by atoms with Gasteiger partial charge in [0.15, 0.2) is 0 Å². The fourth-order valence-electron chi connectivity index (χ4n) is 0.512. The van der Waals surface area contributed by atoms with Gasteiger partial charge >= 0.3 is 0 Å². The number of allylic oxidation sites excluding steroid dienone is 3. The van der Waals surface area contributed by atoms with Crippen molar-refractivity contribution in [1.82, 2.24) is 0 Å². The largest absolute Gasteiger partial charge is 0.501 e. The highest BCUT2D eigenvalue weighted by atomic mass is 16.5. The number of ether oxygens (including phenoxy) is 1. The van der Waals surface area contributed by atoms with Crippen LogP contribution in [0, 0.1) is 0 Å². The molecule has 0 spiro atoms. The van der Waals surface area contributed by atoms with Crippen LogP contribution in [-0.4, -0.2) is 13.7 Å². The monoisotopic (exact) mass is 153 g/mol. The molecule has 0 aliphatic carbocycles. The SMILES string of the molecule is C=C/C(=C\C=C(/C)OC)CN. The van der Waals surface area contributed by atoms with Crippen LogP contribution in [0.3, 0.4) is 0 Å². The highest BCUT2D eigenvalue weighted by Crippen LogP contribution is 1.97. The fourth-order valence-corrected chi connectivity index (χ4v) is 0.512. The Labute approximate surface area is 68.0 Å². The van der Waals surface area contributed by atoms with E-state index in [0.717, 1.165) is 11.3 Å². The molecule has 0 saturated heterocycles. The number of methoxy groups -OCH3 is 1. The molecule has 2 N–H and O–H groups in total. The average molecular weight is 153 g/mol. The Hall–Kier alpha value is -1.02. The van der Waals surface area contributed by atoms with E-state index in [9.17, 15) is 0 Å². The van der Waals surface area contributed by atoms with Crippen LogP contribution in [0.1, 0.15) is 6.92 Å². The third kappa shape index (κ3) is 4.39. The second-order valence-electron chi connectivity index (χ2n) is 2.13. The minimum atomic E-state index is 0.511. The number of nitrogens with two attached hydrogens (primary N) is 1. The molecule has 11 heavy (non-hydrogen) atoms. The summed E-state index contributed by atoms with van der Waals surface area (Å²) in [5.41, 5.74) is 6.40. The minimum Gasteiger partial charge on any atom is -0.501 e. The zero-order chi connectivity index (χ0) is 8.69. The summed E-state index contributed by atoms with van der Waals surface area (Å²) in [6, 6.07) is 0. The molecule has 0 atom stereocenters. The predicted molar refractivity (Wildman–Crippen MR) is 48.1 cm³/mol. The maximum Gasteiger partial charge on any atom is 0.0924 e. The minimum absolute atomic E-state index is 0.511. The molecule has 0 aliphatic heterocycles. The molecular formula is C9H15NO. The normalized spacial score (nSPS) is 13.0. The quantitative estimate of drug-likeness (QED) is 0.492. The lowest BCUT2D eigenvalue weighted by Crippen LogP contribution is -1.99. The van der Waals surface area contributed by atoms with Gasteiger partial charge in [-0.2, -0.15) is 0 Å². The van der Waals surface area contributed by atoms with Crippen LogP contribution in [0.15, 0.2) is 36.1 Å². The number of hydrogen-bond acceptors (Lipinski definition) is 2. The Morgan fingerprint density at radius 3 is 2.55 bits per heavy atom. The van der Waals surface area contributed by atoms with Gasteiger partial charge in [-0.1, -0.05) is 18.7 Å². The Morgan fingerprint density at radius 2 is 2.18 bits per heavy atom. The smallest absolute Gasteiger partial charge is 0.0924 e. The van der Waals surface area contributed by atoms with Gasteiger partial charge in [-0.3, -0.25) is 0 Å². The Bertz CT molecular complexity index is 180. The first-order chi connectivity index (χ1) is 5.24. The molecule has 0 bridgehead atoms. The van der Waals surface area contributed by atoms with Crippen LogP contribution in [0.5, 0.6) is 0 Å². The van der Waals surface area contributed by atoms with Crippen molar-refractivity contribution in [1.29, 1.82) is 0 Å². The van der Waals surface area contributed by atoms with E-state index in [4.69, 9.17) is 10.5 Å². The lowest BCUT2D eigenvalue weighted by molar-refractivity contribution is 0.294. The first kappa shape index (κ1) is 9.98. The average Bonchev–Trinajstić information content (AvgIpc) is 2.06. The van der Waals surface area contributed by atoms with Crippen molar-refractivity contribution in [2.75, 3.05) is 13.7 Å². The lowest BCUT2D eigenvalue weighted by atomic mass is 10.2. The van der Waals surface area contributed by atoms with Crippen molar-refractivity contribution in [3.63, 3.8) is 0 Å². The molecule has 0 amide bonds. The molecule has 0 radical (unpaired) electrons. The van der Waals surface area contributed by atoms with E-state index in [1.165, 1.54) is 0 Å². The summed E-state index contributed by atoms with van der Waals surface area (Å²) in [6.45, 7) is 6.01. The van der Waals surface area contributed by atoms with Crippen LogP contribution < -0.4 is 5.73 Å². The Morgan fingerprint density at radius 1 is 1.55 bits per heavy atom. The summed E-state index contributed by atoms with van der Waals surface area (Å²) in [6.07, 6.45) is 5.50. The van der Waals surface area contributed by atoms with Crippen LogP contribution in [0.4, 0.5) is 0 Å². The van der Waals surface area contributed by atoms with E-state index in [-0.39, 0.29) is 0 Å². The van der Waals surface area contributed by atoms with E-state index < -0.39 is 0 Å².